The number of carboxylic acid groups (broad SMARTS) is 1. The zero-order chi connectivity index (χ0) is 13.2. The van der Waals surface area contributed by atoms with Crippen LogP contribution in [0.15, 0.2) is 12.2 Å². The SMILES string of the molecule is CN1CC=CC[C@H](N(C(=O)O)C(C)(C)C)C1=O. The van der Waals surface area contributed by atoms with Crippen LogP contribution in [0.25, 0.3) is 0 Å². The van der Waals surface area contributed by atoms with E-state index in [0.29, 0.717) is 13.0 Å². The molecule has 0 aromatic heterocycles. The fraction of sp³-hybridized carbons (Fsp3) is 0.667. The fourth-order valence-electron chi connectivity index (χ4n) is 2.01. The first-order valence-electron chi connectivity index (χ1n) is 5.67. The van der Waals surface area contributed by atoms with Crippen LogP contribution >= 0.6 is 0 Å². The first kappa shape index (κ1) is 13.5. The molecule has 2 amide bonds. The van der Waals surface area contributed by atoms with Crippen molar-refractivity contribution in [3.8, 4) is 0 Å². The lowest BCUT2D eigenvalue weighted by molar-refractivity contribution is -0.135. The Bertz CT molecular complexity index is 344. The molecule has 0 bridgehead atoms. The lowest BCUT2D eigenvalue weighted by atomic mass is 10.0. The van der Waals surface area contributed by atoms with E-state index in [0.717, 1.165) is 0 Å². The number of hydrogen-bond donors (Lipinski definition) is 1. The molecule has 0 fully saturated rings. The molecule has 0 aromatic carbocycles. The summed E-state index contributed by atoms with van der Waals surface area (Å²) in [4.78, 5) is 26.2. The number of hydrogen-bond acceptors (Lipinski definition) is 2. The lowest BCUT2D eigenvalue weighted by Gasteiger charge is -2.39. The Balaban J connectivity index is 3.05. The summed E-state index contributed by atoms with van der Waals surface area (Å²) in [5.74, 6) is -0.146. The average Bonchev–Trinajstić information content (AvgIpc) is 2.30. The van der Waals surface area contributed by atoms with Crippen LogP contribution in [0, 0.1) is 0 Å². The zero-order valence-electron chi connectivity index (χ0n) is 10.8. The van der Waals surface area contributed by atoms with Gasteiger partial charge in [0.25, 0.3) is 0 Å². The quantitative estimate of drug-likeness (QED) is 0.707. The van der Waals surface area contributed by atoms with Gasteiger partial charge in [0.15, 0.2) is 0 Å². The number of nitrogens with zero attached hydrogens (tertiary/aromatic N) is 2. The van der Waals surface area contributed by atoms with E-state index in [-0.39, 0.29) is 5.91 Å². The maximum absolute atomic E-state index is 12.1. The molecule has 96 valence electrons. The monoisotopic (exact) mass is 240 g/mol. The first-order chi connectivity index (χ1) is 7.75. The third kappa shape index (κ3) is 2.99. The molecule has 0 unspecified atom stereocenters. The minimum absolute atomic E-state index is 0.146. The van der Waals surface area contributed by atoms with Gasteiger partial charge in [0.05, 0.1) is 0 Å². The smallest absolute Gasteiger partial charge is 0.408 e. The molecule has 17 heavy (non-hydrogen) atoms. The van der Waals surface area contributed by atoms with Gasteiger partial charge in [-0.05, 0) is 27.2 Å². The standard InChI is InChI=1S/C12H20N2O3/c1-12(2,3)14(11(16)17)9-7-5-6-8-13(4)10(9)15/h5-6,9H,7-8H2,1-4H3,(H,16,17)/t9-/m0/s1. The Morgan fingerprint density at radius 3 is 2.53 bits per heavy atom. The average molecular weight is 240 g/mol. The maximum Gasteiger partial charge on any atom is 0.408 e. The van der Waals surface area contributed by atoms with Gasteiger partial charge in [0.1, 0.15) is 6.04 Å². The van der Waals surface area contributed by atoms with Crippen molar-refractivity contribution in [3.63, 3.8) is 0 Å². The highest BCUT2D eigenvalue weighted by Gasteiger charge is 2.38. The first-order valence-corrected chi connectivity index (χ1v) is 5.67. The highest BCUT2D eigenvalue weighted by molar-refractivity contribution is 5.86. The summed E-state index contributed by atoms with van der Waals surface area (Å²) in [6.45, 7) is 5.92. The van der Waals surface area contributed by atoms with Gasteiger partial charge in [-0.15, -0.1) is 0 Å². The van der Waals surface area contributed by atoms with E-state index in [1.54, 1.807) is 32.7 Å². The van der Waals surface area contributed by atoms with Crippen molar-refractivity contribution >= 4 is 12.0 Å². The van der Waals surface area contributed by atoms with Crippen LogP contribution in [-0.2, 0) is 4.79 Å². The number of carbonyl (C=O) groups excluding carboxylic acids is 1. The summed E-state index contributed by atoms with van der Waals surface area (Å²) < 4.78 is 0. The van der Waals surface area contributed by atoms with Crippen LogP contribution in [0.5, 0.6) is 0 Å². The van der Waals surface area contributed by atoms with Crippen molar-refractivity contribution < 1.29 is 14.7 Å². The minimum Gasteiger partial charge on any atom is -0.465 e. The van der Waals surface area contributed by atoms with E-state index in [1.165, 1.54) is 4.90 Å². The largest absolute Gasteiger partial charge is 0.465 e. The van der Waals surface area contributed by atoms with E-state index >= 15 is 0 Å². The highest BCUT2D eigenvalue weighted by atomic mass is 16.4. The highest BCUT2D eigenvalue weighted by Crippen LogP contribution is 2.22. The third-order valence-corrected chi connectivity index (χ3v) is 2.81. The molecule has 0 aromatic rings. The number of carbonyl (C=O) groups is 2. The summed E-state index contributed by atoms with van der Waals surface area (Å²) in [6.07, 6.45) is 3.14. The van der Waals surface area contributed by atoms with Crippen molar-refractivity contribution in [2.75, 3.05) is 13.6 Å². The second-order valence-corrected chi connectivity index (χ2v) is 5.27. The molecular formula is C12H20N2O3. The van der Waals surface area contributed by atoms with Crippen molar-refractivity contribution in [2.24, 2.45) is 0 Å². The Labute approximate surface area is 102 Å². The van der Waals surface area contributed by atoms with Crippen molar-refractivity contribution in [1.29, 1.82) is 0 Å². The van der Waals surface area contributed by atoms with E-state index < -0.39 is 17.7 Å². The predicted octanol–water partition coefficient (Wildman–Crippen LogP) is 1.55. The summed E-state index contributed by atoms with van der Waals surface area (Å²) >= 11 is 0. The Kier molecular flexibility index (Phi) is 3.80. The zero-order valence-corrected chi connectivity index (χ0v) is 10.8. The van der Waals surface area contributed by atoms with Gasteiger partial charge in [-0.3, -0.25) is 9.69 Å². The summed E-state index contributed by atoms with van der Waals surface area (Å²) in [5.41, 5.74) is -0.592. The van der Waals surface area contributed by atoms with Gasteiger partial charge < -0.3 is 10.0 Å². The third-order valence-electron chi connectivity index (χ3n) is 2.81. The van der Waals surface area contributed by atoms with E-state index in [2.05, 4.69) is 0 Å². The van der Waals surface area contributed by atoms with Crippen LogP contribution in [0.4, 0.5) is 4.79 Å². The molecule has 1 heterocycles. The minimum atomic E-state index is -1.06. The molecule has 1 aliphatic heterocycles. The van der Waals surface area contributed by atoms with Gasteiger partial charge in [0.2, 0.25) is 5.91 Å². The number of likely N-dealkylation sites (N-methyl/N-ethyl adjacent to an activating group) is 1. The molecule has 5 nitrogen and oxygen atoms in total. The molecular weight excluding hydrogens is 220 g/mol. The summed E-state index contributed by atoms with van der Waals surface area (Å²) in [6, 6.07) is -0.628. The molecule has 1 aliphatic rings. The number of rotatable bonds is 1. The molecule has 5 heteroatoms. The van der Waals surface area contributed by atoms with Crippen molar-refractivity contribution in [3.05, 3.63) is 12.2 Å². The van der Waals surface area contributed by atoms with Crippen LogP contribution in [0.3, 0.4) is 0 Å². The summed E-state index contributed by atoms with van der Waals surface area (Å²) in [5, 5.41) is 9.29. The molecule has 1 N–H and O–H groups in total. The van der Waals surface area contributed by atoms with Gasteiger partial charge in [-0.2, -0.15) is 0 Å². The van der Waals surface area contributed by atoms with Gasteiger partial charge in [-0.1, -0.05) is 12.2 Å². The van der Waals surface area contributed by atoms with Gasteiger partial charge in [-0.25, -0.2) is 4.79 Å². The Hall–Kier alpha value is -1.52. The second-order valence-electron chi connectivity index (χ2n) is 5.27. The van der Waals surface area contributed by atoms with Crippen molar-refractivity contribution in [1.82, 2.24) is 9.80 Å². The molecule has 0 saturated heterocycles. The maximum atomic E-state index is 12.1. The normalized spacial score (nSPS) is 21.3. The lowest BCUT2D eigenvalue weighted by Crippen LogP contribution is -2.56. The van der Waals surface area contributed by atoms with Crippen LogP contribution < -0.4 is 0 Å². The van der Waals surface area contributed by atoms with Crippen LogP contribution in [-0.4, -0.2) is 52.1 Å². The Morgan fingerprint density at radius 1 is 1.47 bits per heavy atom. The van der Waals surface area contributed by atoms with E-state index in [4.69, 9.17) is 0 Å². The molecule has 0 saturated carbocycles. The van der Waals surface area contributed by atoms with Crippen LogP contribution in [0.2, 0.25) is 0 Å². The van der Waals surface area contributed by atoms with Gasteiger partial charge >= 0.3 is 6.09 Å². The topological polar surface area (TPSA) is 60.9 Å². The van der Waals surface area contributed by atoms with Crippen molar-refractivity contribution in [2.45, 2.75) is 38.8 Å². The van der Waals surface area contributed by atoms with Crippen LogP contribution in [0.1, 0.15) is 27.2 Å². The molecule has 1 rings (SSSR count). The number of amides is 2. The summed E-state index contributed by atoms with van der Waals surface area (Å²) in [7, 11) is 1.69. The predicted molar refractivity (Wildman–Crippen MR) is 64.8 cm³/mol. The molecule has 0 aliphatic carbocycles. The Morgan fingerprint density at radius 2 is 2.06 bits per heavy atom. The molecule has 0 spiro atoms. The molecule has 1 atom stereocenters. The van der Waals surface area contributed by atoms with E-state index in [9.17, 15) is 14.7 Å². The van der Waals surface area contributed by atoms with Gasteiger partial charge in [0, 0.05) is 19.1 Å². The molecule has 0 radical (unpaired) electrons. The fourth-order valence-corrected chi connectivity index (χ4v) is 2.01. The van der Waals surface area contributed by atoms with E-state index in [1.807, 2.05) is 12.2 Å². The second kappa shape index (κ2) is 4.77.